The Hall–Kier alpha value is -3.32. The SMILES string of the molecule is Fc1cccc(-c2cc(CN3CCc4nc(-c5ccco5)ncc4C3)on2)c1. The summed E-state index contributed by atoms with van der Waals surface area (Å²) in [6.07, 6.45) is 4.32. The van der Waals surface area contributed by atoms with Crippen molar-refractivity contribution in [1.29, 1.82) is 0 Å². The minimum atomic E-state index is -0.288. The fraction of sp³-hybridized carbons (Fsp3) is 0.190. The van der Waals surface area contributed by atoms with Crippen LogP contribution in [0, 0.1) is 5.82 Å². The lowest BCUT2D eigenvalue weighted by molar-refractivity contribution is 0.213. The predicted octanol–water partition coefficient (Wildman–Crippen LogP) is 4.09. The van der Waals surface area contributed by atoms with Crippen LogP contribution in [0.1, 0.15) is 17.0 Å². The number of rotatable bonds is 4. The second-order valence-corrected chi connectivity index (χ2v) is 6.79. The second kappa shape index (κ2) is 7.01. The highest BCUT2D eigenvalue weighted by atomic mass is 19.1. The van der Waals surface area contributed by atoms with E-state index >= 15 is 0 Å². The molecule has 1 aliphatic rings. The van der Waals surface area contributed by atoms with Gasteiger partial charge >= 0.3 is 0 Å². The minimum Gasteiger partial charge on any atom is -0.461 e. The Morgan fingerprint density at radius 3 is 2.96 bits per heavy atom. The van der Waals surface area contributed by atoms with Crippen molar-refractivity contribution in [3.8, 4) is 22.8 Å². The topological polar surface area (TPSA) is 68.2 Å². The van der Waals surface area contributed by atoms with Crippen LogP contribution in [0.4, 0.5) is 4.39 Å². The predicted molar refractivity (Wildman–Crippen MR) is 99.4 cm³/mol. The minimum absolute atomic E-state index is 0.288. The van der Waals surface area contributed by atoms with E-state index in [-0.39, 0.29) is 5.82 Å². The summed E-state index contributed by atoms with van der Waals surface area (Å²) in [5, 5.41) is 4.07. The molecule has 0 saturated carbocycles. The maximum atomic E-state index is 13.4. The Labute approximate surface area is 160 Å². The molecule has 0 atom stereocenters. The van der Waals surface area contributed by atoms with E-state index < -0.39 is 0 Å². The fourth-order valence-corrected chi connectivity index (χ4v) is 3.43. The molecule has 4 aromatic rings. The number of hydrogen-bond acceptors (Lipinski definition) is 6. The van der Waals surface area contributed by atoms with Crippen LogP contribution in [0.25, 0.3) is 22.8 Å². The third-order valence-electron chi connectivity index (χ3n) is 4.81. The molecule has 0 spiro atoms. The Balaban J connectivity index is 1.29. The summed E-state index contributed by atoms with van der Waals surface area (Å²) in [6, 6.07) is 11.9. The molecular weight excluding hydrogens is 359 g/mol. The van der Waals surface area contributed by atoms with Gasteiger partial charge in [-0.2, -0.15) is 0 Å². The van der Waals surface area contributed by atoms with Crippen molar-refractivity contribution in [2.24, 2.45) is 0 Å². The third kappa shape index (κ3) is 3.32. The van der Waals surface area contributed by atoms with E-state index in [2.05, 4.69) is 20.0 Å². The summed E-state index contributed by atoms with van der Waals surface area (Å²) in [4.78, 5) is 11.3. The van der Waals surface area contributed by atoms with Gasteiger partial charge in [0.2, 0.25) is 0 Å². The van der Waals surface area contributed by atoms with Gasteiger partial charge in [0.15, 0.2) is 17.3 Å². The van der Waals surface area contributed by atoms with Gasteiger partial charge in [0.25, 0.3) is 0 Å². The third-order valence-corrected chi connectivity index (χ3v) is 4.81. The molecule has 1 aromatic carbocycles. The van der Waals surface area contributed by atoms with E-state index in [1.807, 2.05) is 30.5 Å². The summed E-state index contributed by atoms with van der Waals surface area (Å²) in [6.45, 7) is 2.23. The molecule has 28 heavy (non-hydrogen) atoms. The number of aromatic nitrogens is 3. The van der Waals surface area contributed by atoms with Crippen LogP contribution < -0.4 is 0 Å². The summed E-state index contributed by atoms with van der Waals surface area (Å²) < 4.78 is 24.2. The molecule has 0 saturated heterocycles. The molecule has 0 N–H and O–H groups in total. The van der Waals surface area contributed by atoms with Gasteiger partial charge in [0.05, 0.1) is 18.5 Å². The number of halogens is 1. The van der Waals surface area contributed by atoms with E-state index in [0.717, 1.165) is 36.5 Å². The van der Waals surface area contributed by atoms with Gasteiger partial charge < -0.3 is 8.94 Å². The highest BCUT2D eigenvalue weighted by molar-refractivity contribution is 5.58. The molecular formula is C21H17FN4O2. The molecule has 6 nitrogen and oxygen atoms in total. The van der Waals surface area contributed by atoms with Gasteiger partial charge in [-0.15, -0.1) is 0 Å². The smallest absolute Gasteiger partial charge is 0.195 e. The van der Waals surface area contributed by atoms with Gasteiger partial charge in [0, 0.05) is 42.9 Å². The molecule has 0 aliphatic carbocycles. The van der Waals surface area contributed by atoms with E-state index in [0.29, 0.717) is 29.4 Å². The molecule has 0 amide bonds. The Bertz CT molecular complexity index is 1110. The monoisotopic (exact) mass is 376 g/mol. The lowest BCUT2D eigenvalue weighted by Gasteiger charge is -2.26. The molecule has 0 unspecified atom stereocenters. The van der Waals surface area contributed by atoms with E-state index in [4.69, 9.17) is 8.94 Å². The maximum Gasteiger partial charge on any atom is 0.195 e. The largest absolute Gasteiger partial charge is 0.461 e. The zero-order valence-electron chi connectivity index (χ0n) is 15.0. The van der Waals surface area contributed by atoms with Gasteiger partial charge in [-0.05, 0) is 24.3 Å². The Morgan fingerprint density at radius 2 is 2.11 bits per heavy atom. The molecule has 0 radical (unpaired) electrons. The summed E-state index contributed by atoms with van der Waals surface area (Å²) in [7, 11) is 0. The maximum absolute atomic E-state index is 13.4. The molecule has 1 aliphatic heterocycles. The highest BCUT2D eigenvalue weighted by Crippen LogP contribution is 2.24. The zero-order valence-corrected chi connectivity index (χ0v) is 15.0. The first-order valence-corrected chi connectivity index (χ1v) is 9.07. The van der Waals surface area contributed by atoms with Crippen LogP contribution in [-0.2, 0) is 19.5 Å². The number of furan rings is 1. The summed E-state index contributed by atoms with van der Waals surface area (Å²) in [5.74, 6) is 1.75. The van der Waals surface area contributed by atoms with Crippen molar-refractivity contribution in [2.45, 2.75) is 19.5 Å². The average molecular weight is 376 g/mol. The fourth-order valence-electron chi connectivity index (χ4n) is 3.43. The quantitative estimate of drug-likeness (QED) is 0.534. The number of fused-ring (bicyclic) bond motifs is 1. The van der Waals surface area contributed by atoms with Crippen LogP contribution in [0.3, 0.4) is 0 Å². The lowest BCUT2D eigenvalue weighted by atomic mass is 10.1. The molecule has 0 bridgehead atoms. The highest BCUT2D eigenvalue weighted by Gasteiger charge is 2.21. The van der Waals surface area contributed by atoms with Gasteiger partial charge in [-0.3, -0.25) is 4.90 Å². The second-order valence-electron chi connectivity index (χ2n) is 6.79. The first-order chi connectivity index (χ1) is 13.7. The van der Waals surface area contributed by atoms with Gasteiger partial charge in [-0.1, -0.05) is 17.3 Å². The number of hydrogen-bond donors (Lipinski definition) is 0. The van der Waals surface area contributed by atoms with Gasteiger partial charge in [0.1, 0.15) is 11.5 Å². The van der Waals surface area contributed by atoms with E-state index in [9.17, 15) is 4.39 Å². The standard InChI is InChI=1S/C21H17FN4O2/c22-16-4-1-3-14(9-16)19-10-17(28-25-19)13-26-7-6-18-15(12-26)11-23-21(24-18)20-5-2-8-27-20/h1-5,8-11H,6-7,12-13H2. The van der Waals surface area contributed by atoms with Gasteiger partial charge in [-0.25, -0.2) is 14.4 Å². The normalized spacial score (nSPS) is 14.2. The summed E-state index contributed by atoms with van der Waals surface area (Å²) in [5.41, 5.74) is 3.50. The zero-order chi connectivity index (χ0) is 18.9. The van der Waals surface area contributed by atoms with Crippen molar-refractivity contribution < 1.29 is 13.3 Å². The Kier molecular flexibility index (Phi) is 4.21. The molecule has 3 aromatic heterocycles. The van der Waals surface area contributed by atoms with Crippen molar-refractivity contribution in [3.63, 3.8) is 0 Å². The molecule has 4 heterocycles. The van der Waals surface area contributed by atoms with Crippen LogP contribution in [0.5, 0.6) is 0 Å². The molecule has 0 fully saturated rings. The van der Waals surface area contributed by atoms with Crippen molar-refractivity contribution in [3.05, 3.63) is 77.8 Å². The van der Waals surface area contributed by atoms with Crippen LogP contribution >= 0.6 is 0 Å². The van der Waals surface area contributed by atoms with Crippen molar-refractivity contribution in [2.75, 3.05) is 6.54 Å². The molecule has 5 rings (SSSR count). The van der Waals surface area contributed by atoms with E-state index in [1.54, 1.807) is 12.3 Å². The van der Waals surface area contributed by atoms with Crippen molar-refractivity contribution in [1.82, 2.24) is 20.0 Å². The summed E-state index contributed by atoms with van der Waals surface area (Å²) >= 11 is 0. The number of benzene rings is 1. The molecule has 7 heteroatoms. The van der Waals surface area contributed by atoms with Crippen LogP contribution in [0.15, 0.2) is 63.9 Å². The Morgan fingerprint density at radius 1 is 1.14 bits per heavy atom. The van der Waals surface area contributed by atoms with Crippen molar-refractivity contribution >= 4 is 0 Å². The molecule has 140 valence electrons. The van der Waals surface area contributed by atoms with Crippen LogP contribution in [-0.4, -0.2) is 26.6 Å². The first kappa shape index (κ1) is 16.8. The lowest BCUT2D eigenvalue weighted by Crippen LogP contribution is -2.30. The average Bonchev–Trinajstić information content (AvgIpc) is 3.40. The first-order valence-electron chi connectivity index (χ1n) is 9.07. The number of nitrogens with zero attached hydrogens (tertiary/aromatic N) is 4. The van der Waals surface area contributed by atoms with E-state index in [1.165, 1.54) is 12.1 Å². The van der Waals surface area contributed by atoms with Crippen LogP contribution in [0.2, 0.25) is 0 Å².